The van der Waals surface area contributed by atoms with Crippen molar-refractivity contribution in [2.24, 2.45) is 0 Å². The Bertz CT molecular complexity index is 1440. The molecule has 10 heteroatoms. The van der Waals surface area contributed by atoms with Gasteiger partial charge in [-0.2, -0.15) is 0 Å². The Morgan fingerprint density at radius 3 is 2.50 bits per heavy atom. The van der Waals surface area contributed by atoms with E-state index in [9.17, 15) is 18.0 Å². The van der Waals surface area contributed by atoms with E-state index in [-0.39, 0.29) is 22.2 Å². The van der Waals surface area contributed by atoms with Crippen LogP contribution in [0, 0.1) is 0 Å². The molecule has 164 valence electrons. The van der Waals surface area contributed by atoms with Gasteiger partial charge in [-0.05, 0) is 48.5 Å². The molecule has 2 N–H and O–H groups in total. The average Bonchev–Trinajstić information content (AvgIpc) is 3.09. The number of aromatic nitrogens is 1. The molecule has 4 aromatic rings. The van der Waals surface area contributed by atoms with Crippen molar-refractivity contribution < 1.29 is 17.9 Å². The van der Waals surface area contributed by atoms with Gasteiger partial charge in [0, 0.05) is 11.8 Å². The standard InChI is InChI=1S/C22H19N3O5S2/c1-30-17-6-4-5-16(13-17)24-32(28,29)18-11-9-15(10-12-18)23-21(26)14-25-19-7-2-3-8-20(19)31-22(25)27/h2-13,24H,14H2,1H3,(H,23,26). The van der Waals surface area contributed by atoms with Gasteiger partial charge in [0.2, 0.25) is 5.91 Å². The Hall–Kier alpha value is -3.63. The van der Waals surface area contributed by atoms with E-state index in [4.69, 9.17) is 4.74 Å². The van der Waals surface area contributed by atoms with Crippen molar-refractivity contribution in [2.45, 2.75) is 11.4 Å². The number of para-hydroxylation sites is 1. The molecule has 1 amide bonds. The minimum atomic E-state index is -3.82. The lowest BCUT2D eigenvalue weighted by molar-refractivity contribution is -0.116. The first-order chi connectivity index (χ1) is 15.4. The molecule has 0 saturated carbocycles. The van der Waals surface area contributed by atoms with E-state index in [1.807, 2.05) is 18.2 Å². The third-order valence-electron chi connectivity index (χ3n) is 4.65. The number of sulfonamides is 1. The fourth-order valence-electron chi connectivity index (χ4n) is 3.13. The Balaban J connectivity index is 1.45. The first-order valence-electron chi connectivity index (χ1n) is 9.51. The molecule has 0 aliphatic carbocycles. The average molecular weight is 470 g/mol. The summed E-state index contributed by atoms with van der Waals surface area (Å²) in [6, 6.07) is 19.6. The lowest BCUT2D eigenvalue weighted by Crippen LogP contribution is -2.24. The normalized spacial score (nSPS) is 11.3. The lowest BCUT2D eigenvalue weighted by Gasteiger charge is -2.10. The maximum absolute atomic E-state index is 12.6. The van der Waals surface area contributed by atoms with Crippen LogP contribution in [0.15, 0.2) is 82.5 Å². The number of fused-ring (bicyclic) bond motifs is 1. The van der Waals surface area contributed by atoms with Gasteiger partial charge in [-0.3, -0.25) is 18.9 Å². The molecule has 8 nitrogen and oxygen atoms in total. The SMILES string of the molecule is COc1cccc(NS(=O)(=O)c2ccc(NC(=O)Cn3c(=O)sc4ccccc43)cc2)c1. The number of rotatable bonds is 7. The van der Waals surface area contributed by atoms with Gasteiger partial charge in [-0.15, -0.1) is 0 Å². The van der Waals surface area contributed by atoms with Gasteiger partial charge < -0.3 is 10.1 Å². The highest BCUT2D eigenvalue weighted by atomic mass is 32.2. The fraction of sp³-hybridized carbons (Fsp3) is 0.0909. The zero-order valence-corrected chi connectivity index (χ0v) is 18.6. The van der Waals surface area contributed by atoms with E-state index in [0.29, 0.717) is 22.6 Å². The predicted octanol–water partition coefficient (Wildman–Crippen LogP) is 3.51. The zero-order valence-electron chi connectivity index (χ0n) is 16.9. The number of ether oxygens (including phenoxy) is 1. The van der Waals surface area contributed by atoms with Crippen LogP contribution in [0.3, 0.4) is 0 Å². The highest BCUT2D eigenvalue weighted by molar-refractivity contribution is 7.92. The number of hydrogen-bond acceptors (Lipinski definition) is 6. The number of amides is 1. The van der Waals surface area contributed by atoms with Crippen molar-refractivity contribution in [1.29, 1.82) is 0 Å². The number of methoxy groups -OCH3 is 1. The van der Waals surface area contributed by atoms with E-state index in [0.717, 1.165) is 16.0 Å². The molecule has 32 heavy (non-hydrogen) atoms. The van der Waals surface area contributed by atoms with E-state index in [1.165, 1.54) is 35.9 Å². The molecule has 1 heterocycles. The van der Waals surface area contributed by atoms with Crippen LogP contribution in [-0.2, 0) is 21.4 Å². The Labute approximate surface area is 188 Å². The Kier molecular flexibility index (Phi) is 5.97. The van der Waals surface area contributed by atoms with E-state index < -0.39 is 10.0 Å². The van der Waals surface area contributed by atoms with Crippen molar-refractivity contribution in [3.63, 3.8) is 0 Å². The van der Waals surface area contributed by atoms with Crippen LogP contribution in [-0.4, -0.2) is 26.0 Å². The smallest absolute Gasteiger partial charge is 0.308 e. The van der Waals surface area contributed by atoms with Crippen LogP contribution in [0.1, 0.15) is 0 Å². The van der Waals surface area contributed by atoms with Gasteiger partial charge in [0.25, 0.3) is 10.0 Å². The van der Waals surface area contributed by atoms with Crippen LogP contribution in [0.4, 0.5) is 11.4 Å². The van der Waals surface area contributed by atoms with Crippen LogP contribution in [0.2, 0.25) is 0 Å². The van der Waals surface area contributed by atoms with Crippen LogP contribution >= 0.6 is 11.3 Å². The third-order valence-corrected chi connectivity index (χ3v) is 7.00. The van der Waals surface area contributed by atoms with Crippen molar-refractivity contribution in [1.82, 2.24) is 4.57 Å². The second-order valence-electron chi connectivity index (χ2n) is 6.83. The molecule has 1 aromatic heterocycles. The van der Waals surface area contributed by atoms with Crippen LogP contribution < -0.4 is 19.6 Å². The lowest BCUT2D eigenvalue weighted by atomic mass is 10.3. The molecule has 0 unspecified atom stereocenters. The number of hydrogen-bond donors (Lipinski definition) is 2. The molecule has 3 aromatic carbocycles. The first kappa shape index (κ1) is 21.6. The van der Waals surface area contributed by atoms with Gasteiger partial charge in [-0.25, -0.2) is 8.42 Å². The van der Waals surface area contributed by atoms with E-state index in [1.54, 1.807) is 30.3 Å². The van der Waals surface area contributed by atoms with Crippen molar-refractivity contribution in [3.05, 3.63) is 82.5 Å². The quantitative estimate of drug-likeness (QED) is 0.431. The van der Waals surface area contributed by atoms with E-state index >= 15 is 0 Å². The molecular formula is C22H19N3O5S2. The number of carbonyl (C=O) groups is 1. The molecule has 0 saturated heterocycles. The van der Waals surface area contributed by atoms with Crippen molar-refractivity contribution in [2.75, 3.05) is 17.1 Å². The van der Waals surface area contributed by atoms with Gasteiger partial charge in [-0.1, -0.05) is 29.5 Å². The maximum Gasteiger partial charge on any atom is 0.308 e. The Morgan fingerprint density at radius 2 is 1.75 bits per heavy atom. The fourth-order valence-corrected chi connectivity index (χ4v) is 5.07. The molecule has 0 aliphatic heterocycles. The highest BCUT2D eigenvalue weighted by Gasteiger charge is 2.15. The largest absolute Gasteiger partial charge is 0.497 e. The summed E-state index contributed by atoms with van der Waals surface area (Å²) in [6.07, 6.45) is 0. The van der Waals surface area contributed by atoms with Crippen LogP contribution in [0.5, 0.6) is 5.75 Å². The molecule has 0 aliphatic rings. The van der Waals surface area contributed by atoms with E-state index in [2.05, 4.69) is 10.0 Å². The molecule has 0 fully saturated rings. The first-order valence-corrected chi connectivity index (χ1v) is 11.8. The molecule has 4 rings (SSSR count). The summed E-state index contributed by atoms with van der Waals surface area (Å²) in [6.45, 7) is -0.139. The number of thiazole rings is 1. The number of benzene rings is 3. The summed E-state index contributed by atoms with van der Waals surface area (Å²) in [7, 11) is -2.32. The van der Waals surface area contributed by atoms with Gasteiger partial charge in [0.05, 0.1) is 27.9 Å². The second-order valence-corrected chi connectivity index (χ2v) is 9.51. The predicted molar refractivity (Wildman–Crippen MR) is 125 cm³/mol. The highest BCUT2D eigenvalue weighted by Crippen LogP contribution is 2.22. The molecule has 0 radical (unpaired) electrons. The van der Waals surface area contributed by atoms with Gasteiger partial charge in [0.15, 0.2) is 0 Å². The summed E-state index contributed by atoms with van der Waals surface area (Å²) in [4.78, 5) is 24.5. The molecule has 0 bridgehead atoms. The summed E-state index contributed by atoms with van der Waals surface area (Å²) < 4.78 is 35.1. The summed E-state index contributed by atoms with van der Waals surface area (Å²) in [5.41, 5.74) is 1.49. The Morgan fingerprint density at radius 1 is 1.00 bits per heavy atom. The monoisotopic (exact) mass is 469 g/mol. The van der Waals surface area contributed by atoms with Gasteiger partial charge >= 0.3 is 4.87 Å². The summed E-state index contributed by atoms with van der Waals surface area (Å²) in [5.74, 6) is 0.140. The molecular weight excluding hydrogens is 450 g/mol. The van der Waals surface area contributed by atoms with Gasteiger partial charge in [0.1, 0.15) is 12.3 Å². The van der Waals surface area contributed by atoms with Crippen molar-refractivity contribution >= 4 is 48.9 Å². The number of carbonyl (C=O) groups excluding carboxylic acids is 1. The molecule has 0 atom stereocenters. The minimum Gasteiger partial charge on any atom is -0.497 e. The number of anilines is 2. The van der Waals surface area contributed by atoms with Crippen molar-refractivity contribution in [3.8, 4) is 5.75 Å². The third kappa shape index (κ3) is 4.66. The number of nitrogens with zero attached hydrogens (tertiary/aromatic N) is 1. The second kappa shape index (κ2) is 8.85. The van der Waals surface area contributed by atoms with Crippen LogP contribution in [0.25, 0.3) is 10.2 Å². The minimum absolute atomic E-state index is 0.0402. The summed E-state index contributed by atoms with van der Waals surface area (Å²) in [5, 5.41) is 2.69. The summed E-state index contributed by atoms with van der Waals surface area (Å²) >= 11 is 1.08. The number of nitrogens with one attached hydrogen (secondary N) is 2. The maximum atomic E-state index is 12.6. The topological polar surface area (TPSA) is 106 Å². The molecule has 0 spiro atoms. The zero-order chi connectivity index (χ0) is 22.7.